The molecule has 2 N–H and O–H groups in total. The van der Waals surface area contributed by atoms with Crippen LogP contribution in [0.15, 0.2) is 12.2 Å². The molecule has 4 fully saturated rings. The van der Waals surface area contributed by atoms with Gasteiger partial charge in [0, 0.05) is 13.2 Å². The van der Waals surface area contributed by atoms with Crippen molar-refractivity contribution in [2.45, 2.75) is 77.7 Å². The quantitative estimate of drug-likeness (QED) is 0.722. The molecule has 4 aliphatic rings. The molecule has 3 heteroatoms. The summed E-state index contributed by atoms with van der Waals surface area (Å²) >= 11 is 0. The summed E-state index contributed by atoms with van der Waals surface area (Å²) in [5.41, 5.74) is 1.93. The molecule has 2 unspecified atom stereocenters. The van der Waals surface area contributed by atoms with Crippen molar-refractivity contribution in [2.24, 2.45) is 34.5 Å². The largest absolute Gasteiger partial charge is 0.396 e. The number of nitrogens with zero attached hydrogens (tertiary/aromatic N) is 1. The summed E-state index contributed by atoms with van der Waals surface area (Å²) in [7, 11) is 0. The number of hydrogen-bond acceptors (Lipinski definition) is 3. The number of allylic oxidation sites excluding steroid dienone is 1. The van der Waals surface area contributed by atoms with Crippen LogP contribution in [0.5, 0.6) is 0 Å². The second kappa shape index (κ2) is 7.46. The molecule has 0 radical (unpaired) electrons. The van der Waals surface area contributed by atoms with Gasteiger partial charge >= 0.3 is 0 Å². The van der Waals surface area contributed by atoms with E-state index in [0.29, 0.717) is 30.3 Å². The Kier molecular flexibility index (Phi) is 5.50. The lowest BCUT2D eigenvalue weighted by molar-refractivity contribution is -0.0987. The van der Waals surface area contributed by atoms with Crippen LogP contribution in [0.1, 0.15) is 71.6 Å². The van der Waals surface area contributed by atoms with Crippen molar-refractivity contribution in [3.63, 3.8) is 0 Å². The summed E-state index contributed by atoms with van der Waals surface area (Å²) in [5, 5.41) is 20.9. The summed E-state index contributed by atoms with van der Waals surface area (Å²) in [6.07, 6.45) is 10.4. The van der Waals surface area contributed by atoms with Crippen LogP contribution in [0, 0.1) is 34.5 Å². The fraction of sp³-hybridized carbons (Fsp3) is 0.917. The number of rotatable bonds is 4. The van der Waals surface area contributed by atoms with Gasteiger partial charge in [-0.1, -0.05) is 26.0 Å². The first kappa shape index (κ1) is 19.9. The minimum absolute atomic E-state index is 0.127. The Morgan fingerprint density at radius 3 is 2.52 bits per heavy atom. The molecule has 0 aromatic heterocycles. The monoisotopic (exact) mass is 375 g/mol. The highest BCUT2D eigenvalue weighted by Gasteiger charge is 2.56. The summed E-state index contributed by atoms with van der Waals surface area (Å²) in [4.78, 5) is 2.64. The Bertz CT molecular complexity index is 557. The fourth-order valence-electron chi connectivity index (χ4n) is 7.71. The molecule has 1 saturated heterocycles. The SMILES string of the molecule is C=C1CCC2[C@@H](CO)C([C@@]3(C)CC[C@H](O)C[C@@H]3CN3CCCC3)CC[C@@]12C. The van der Waals surface area contributed by atoms with Crippen molar-refractivity contribution in [3.8, 4) is 0 Å². The maximum Gasteiger partial charge on any atom is 0.0543 e. The smallest absolute Gasteiger partial charge is 0.0543 e. The molecule has 3 aliphatic carbocycles. The molecule has 1 aliphatic heterocycles. The topological polar surface area (TPSA) is 43.7 Å². The molecule has 0 aromatic rings. The van der Waals surface area contributed by atoms with E-state index in [2.05, 4.69) is 25.3 Å². The third kappa shape index (κ3) is 3.32. The highest BCUT2D eigenvalue weighted by Crippen LogP contribution is 2.63. The molecule has 27 heavy (non-hydrogen) atoms. The molecule has 0 aromatic carbocycles. The van der Waals surface area contributed by atoms with E-state index in [1.165, 1.54) is 50.8 Å². The van der Waals surface area contributed by atoms with Gasteiger partial charge in [-0.25, -0.2) is 0 Å². The molecule has 3 nitrogen and oxygen atoms in total. The fourth-order valence-corrected chi connectivity index (χ4v) is 7.71. The van der Waals surface area contributed by atoms with Gasteiger partial charge in [-0.3, -0.25) is 0 Å². The summed E-state index contributed by atoms with van der Waals surface area (Å²) < 4.78 is 0. The van der Waals surface area contributed by atoms with Crippen LogP contribution < -0.4 is 0 Å². The summed E-state index contributed by atoms with van der Waals surface area (Å²) in [5.74, 6) is 2.16. The lowest BCUT2D eigenvalue weighted by atomic mass is 9.49. The van der Waals surface area contributed by atoms with Crippen molar-refractivity contribution >= 4 is 0 Å². The minimum Gasteiger partial charge on any atom is -0.396 e. The van der Waals surface area contributed by atoms with Gasteiger partial charge in [-0.05, 0) is 105 Å². The zero-order chi connectivity index (χ0) is 19.2. The normalized spacial score (nSPS) is 48.7. The Hall–Kier alpha value is -0.380. The van der Waals surface area contributed by atoms with Gasteiger partial charge in [0.25, 0.3) is 0 Å². The van der Waals surface area contributed by atoms with E-state index in [-0.39, 0.29) is 16.9 Å². The van der Waals surface area contributed by atoms with Gasteiger partial charge in [0.2, 0.25) is 0 Å². The zero-order valence-electron chi connectivity index (χ0n) is 17.6. The lowest BCUT2D eigenvalue weighted by Gasteiger charge is -2.57. The standard InChI is InChI=1S/C24H41NO2/c1-17-6-7-21-20(16-26)22(9-11-23(17,21)2)24(3)10-8-19(27)14-18(24)15-25-12-4-5-13-25/h18-22,26-27H,1,4-16H2,2-3H3/t18-,19+,20-,21?,22?,23+,24+/m1/s1. The van der Waals surface area contributed by atoms with E-state index in [4.69, 9.17) is 0 Å². The van der Waals surface area contributed by atoms with Crippen LogP contribution >= 0.6 is 0 Å². The van der Waals surface area contributed by atoms with E-state index < -0.39 is 0 Å². The Labute approximate surface area is 166 Å². The van der Waals surface area contributed by atoms with Crippen molar-refractivity contribution in [1.29, 1.82) is 0 Å². The molecular formula is C24H41NO2. The predicted octanol–water partition coefficient (Wildman–Crippen LogP) is 4.24. The van der Waals surface area contributed by atoms with Gasteiger partial charge in [0.05, 0.1) is 6.10 Å². The minimum atomic E-state index is -0.127. The maximum absolute atomic E-state index is 10.5. The maximum atomic E-state index is 10.5. The van der Waals surface area contributed by atoms with E-state index in [0.717, 1.165) is 32.2 Å². The van der Waals surface area contributed by atoms with Crippen LogP contribution in [-0.2, 0) is 0 Å². The first-order valence-corrected chi connectivity index (χ1v) is 11.6. The van der Waals surface area contributed by atoms with Gasteiger partial charge in [-0.15, -0.1) is 0 Å². The third-order valence-corrected chi connectivity index (χ3v) is 9.63. The van der Waals surface area contributed by atoms with Gasteiger partial charge in [0.15, 0.2) is 0 Å². The average Bonchev–Trinajstić information content (AvgIpc) is 3.26. The second-order valence-corrected chi connectivity index (χ2v) is 10.8. The Morgan fingerprint density at radius 1 is 1.07 bits per heavy atom. The van der Waals surface area contributed by atoms with Gasteiger partial charge in [0.1, 0.15) is 0 Å². The molecule has 0 spiro atoms. The first-order valence-electron chi connectivity index (χ1n) is 11.6. The predicted molar refractivity (Wildman–Crippen MR) is 110 cm³/mol. The Morgan fingerprint density at radius 2 is 1.81 bits per heavy atom. The highest BCUT2D eigenvalue weighted by atomic mass is 16.3. The molecule has 0 bridgehead atoms. The molecule has 7 atom stereocenters. The summed E-state index contributed by atoms with van der Waals surface area (Å²) in [6.45, 7) is 13.3. The first-order chi connectivity index (χ1) is 12.9. The van der Waals surface area contributed by atoms with Crippen molar-refractivity contribution in [1.82, 2.24) is 4.90 Å². The average molecular weight is 376 g/mol. The second-order valence-electron chi connectivity index (χ2n) is 10.8. The van der Waals surface area contributed by atoms with Gasteiger partial charge in [-0.2, -0.15) is 0 Å². The number of hydrogen-bond donors (Lipinski definition) is 2. The molecule has 0 amide bonds. The van der Waals surface area contributed by atoms with Gasteiger partial charge < -0.3 is 15.1 Å². The number of likely N-dealkylation sites (tertiary alicyclic amines) is 1. The van der Waals surface area contributed by atoms with Crippen molar-refractivity contribution in [3.05, 3.63) is 12.2 Å². The molecule has 3 saturated carbocycles. The molecular weight excluding hydrogens is 334 g/mol. The number of aliphatic hydroxyl groups is 2. The highest BCUT2D eigenvalue weighted by molar-refractivity contribution is 5.20. The summed E-state index contributed by atoms with van der Waals surface area (Å²) in [6, 6.07) is 0. The van der Waals surface area contributed by atoms with Crippen molar-refractivity contribution in [2.75, 3.05) is 26.2 Å². The number of aliphatic hydroxyl groups excluding tert-OH is 2. The van der Waals surface area contributed by atoms with E-state index >= 15 is 0 Å². The van der Waals surface area contributed by atoms with Crippen LogP contribution in [-0.4, -0.2) is 47.5 Å². The number of fused-ring (bicyclic) bond motifs is 1. The molecule has 4 rings (SSSR count). The Balaban J connectivity index is 1.59. The van der Waals surface area contributed by atoms with Crippen LogP contribution in [0.2, 0.25) is 0 Å². The molecule has 1 heterocycles. The van der Waals surface area contributed by atoms with E-state index in [9.17, 15) is 10.2 Å². The van der Waals surface area contributed by atoms with Crippen LogP contribution in [0.4, 0.5) is 0 Å². The van der Waals surface area contributed by atoms with Crippen molar-refractivity contribution < 1.29 is 10.2 Å². The van der Waals surface area contributed by atoms with Crippen LogP contribution in [0.25, 0.3) is 0 Å². The lowest BCUT2D eigenvalue weighted by Crippen LogP contribution is -2.53. The zero-order valence-corrected chi connectivity index (χ0v) is 17.6. The molecule has 154 valence electrons. The third-order valence-electron chi connectivity index (χ3n) is 9.63. The van der Waals surface area contributed by atoms with E-state index in [1.54, 1.807) is 0 Å². The van der Waals surface area contributed by atoms with E-state index in [1.807, 2.05) is 0 Å². The van der Waals surface area contributed by atoms with Crippen LogP contribution in [0.3, 0.4) is 0 Å².